The highest BCUT2D eigenvalue weighted by Crippen LogP contribution is 2.30. The molecule has 0 spiro atoms. The lowest BCUT2D eigenvalue weighted by atomic mass is 9.83. The molecule has 1 fully saturated rings. The summed E-state index contributed by atoms with van der Waals surface area (Å²) in [4.78, 5) is 20.4. The monoisotopic (exact) mass is 281 g/mol. The fourth-order valence-electron chi connectivity index (χ4n) is 2.59. The maximum atomic E-state index is 12.0. The van der Waals surface area contributed by atoms with Gasteiger partial charge in [-0.05, 0) is 43.4 Å². The summed E-state index contributed by atoms with van der Waals surface area (Å²) < 4.78 is 0. The molecule has 1 amide bonds. The molecule has 0 bridgehead atoms. The zero-order valence-electron chi connectivity index (χ0n) is 12.2. The second-order valence-corrected chi connectivity index (χ2v) is 5.67. The van der Waals surface area contributed by atoms with E-state index in [1.165, 1.54) is 19.3 Å². The average molecular weight is 281 g/mol. The van der Waals surface area contributed by atoms with Crippen molar-refractivity contribution in [3.05, 3.63) is 42.4 Å². The molecule has 1 aromatic heterocycles. The van der Waals surface area contributed by atoms with Crippen LogP contribution in [0.4, 0.5) is 5.69 Å². The van der Waals surface area contributed by atoms with Crippen LogP contribution in [0.15, 0.2) is 36.8 Å². The van der Waals surface area contributed by atoms with Crippen LogP contribution in [-0.4, -0.2) is 15.9 Å². The summed E-state index contributed by atoms with van der Waals surface area (Å²) >= 11 is 0. The summed E-state index contributed by atoms with van der Waals surface area (Å²) in [5, 5.41) is 2.99. The highest BCUT2D eigenvalue weighted by Gasteiger charge is 2.20. The van der Waals surface area contributed by atoms with E-state index in [4.69, 9.17) is 0 Å². The van der Waals surface area contributed by atoms with E-state index in [2.05, 4.69) is 15.3 Å². The van der Waals surface area contributed by atoms with E-state index in [0.29, 0.717) is 12.3 Å². The van der Waals surface area contributed by atoms with E-state index in [0.717, 1.165) is 22.5 Å². The first-order valence-corrected chi connectivity index (χ1v) is 7.39. The minimum atomic E-state index is 0.105. The van der Waals surface area contributed by atoms with Gasteiger partial charge in [-0.3, -0.25) is 14.8 Å². The van der Waals surface area contributed by atoms with Crippen LogP contribution in [0.2, 0.25) is 0 Å². The minimum Gasteiger partial charge on any atom is -0.326 e. The lowest BCUT2D eigenvalue weighted by Gasteiger charge is -2.24. The molecule has 0 unspecified atom stereocenters. The molecule has 0 radical (unpaired) electrons. The maximum absolute atomic E-state index is 12.0. The Kier molecular flexibility index (Phi) is 3.95. The molecule has 4 heteroatoms. The van der Waals surface area contributed by atoms with Gasteiger partial charge in [-0.25, -0.2) is 0 Å². The molecule has 0 saturated heterocycles. The van der Waals surface area contributed by atoms with E-state index in [1.54, 1.807) is 18.6 Å². The molecule has 108 valence electrons. The van der Waals surface area contributed by atoms with Crippen LogP contribution in [0.3, 0.4) is 0 Å². The summed E-state index contributed by atoms with van der Waals surface area (Å²) in [7, 11) is 0. The Bertz CT molecular complexity index is 636. The SMILES string of the molecule is Cc1ccc(NC(=O)CC2CCC2)cc1-c1cnccn1. The summed E-state index contributed by atoms with van der Waals surface area (Å²) in [6.45, 7) is 2.03. The third kappa shape index (κ3) is 3.27. The van der Waals surface area contributed by atoms with Gasteiger partial charge in [-0.15, -0.1) is 0 Å². The van der Waals surface area contributed by atoms with Crippen LogP contribution in [0.5, 0.6) is 0 Å². The number of amides is 1. The predicted octanol–water partition coefficient (Wildman–Crippen LogP) is 3.58. The molecule has 1 aliphatic rings. The Hall–Kier alpha value is -2.23. The quantitative estimate of drug-likeness (QED) is 0.932. The second-order valence-electron chi connectivity index (χ2n) is 5.67. The van der Waals surface area contributed by atoms with Gasteiger partial charge in [0.1, 0.15) is 0 Å². The van der Waals surface area contributed by atoms with Crippen LogP contribution in [-0.2, 0) is 4.79 Å². The molecule has 0 atom stereocenters. The molecule has 0 aliphatic heterocycles. The Labute approximate surface area is 124 Å². The standard InChI is InChI=1S/C17H19N3O/c1-12-5-6-14(20-17(21)9-13-3-2-4-13)10-15(12)16-11-18-7-8-19-16/h5-8,10-11,13H,2-4,9H2,1H3,(H,20,21). The van der Waals surface area contributed by atoms with Crippen LogP contribution in [0.25, 0.3) is 11.3 Å². The highest BCUT2D eigenvalue weighted by atomic mass is 16.1. The van der Waals surface area contributed by atoms with Gasteiger partial charge in [0.25, 0.3) is 0 Å². The molecule has 4 nitrogen and oxygen atoms in total. The highest BCUT2D eigenvalue weighted by molar-refractivity contribution is 5.91. The van der Waals surface area contributed by atoms with Crippen LogP contribution in [0, 0.1) is 12.8 Å². The lowest BCUT2D eigenvalue weighted by Crippen LogP contribution is -2.20. The van der Waals surface area contributed by atoms with Gasteiger partial charge < -0.3 is 5.32 Å². The molecule has 1 aliphatic carbocycles. The molecular formula is C17H19N3O. The number of benzene rings is 1. The van der Waals surface area contributed by atoms with E-state index in [-0.39, 0.29) is 5.91 Å². The number of rotatable bonds is 4. The first-order chi connectivity index (χ1) is 10.2. The number of hydrogen-bond acceptors (Lipinski definition) is 3. The predicted molar refractivity (Wildman–Crippen MR) is 82.8 cm³/mol. The fourth-order valence-corrected chi connectivity index (χ4v) is 2.59. The molecular weight excluding hydrogens is 262 g/mol. The lowest BCUT2D eigenvalue weighted by molar-refractivity contribution is -0.117. The summed E-state index contributed by atoms with van der Waals surface area (Å²) in [5.74, 6) is 0.684. The average Bonchev–Trinajstić information content (AvgIpc) is 2.46. The van der Waals surface area contributed by atoms with Gasteiger partial charge in [-0.1, -0.05) is 12.5 Å². The van der Waals surface area contributed by atoms with Gasteiger partial charge in [-0.2, -0.15) is 0 Å². The number of nitrogens with zero attached hydrogens (tertiary/aromatic N) is 2. The summed E-state index contributed by atoms with van der Waals surface area (Å²) in [5.41, 5.74) is 3.77. The van der Waals surface area contributed by atoms with Crippen molar-refractivity contribution in [3.8, 4) is 11.3 Å². The topological polar surface area (TPSA) is 54.9 Å². The van der Waals surface area contributed by atoms with Crippen LogP contribution in [0.1, 0.15) is 31.2 Å². The van der Waals surface area contributed by atoms with Gasteiger partial charge in [0, 0.05) is 30.1 Å². The van der Waals surface area contributed by atoms with Crippen molar-refractivity contribution in [2.45, 2.75) is 32.6 Å². The number of carbonyl (C=O) groups is 1. The third-order valence-electron chi connectivity index (χ3n) is 4.06. The van der Waals surface area contributed by atoms with Crippen molar-refractivity contribution < 1.29 is 4.79 Å². The second kappa shape index (κ2) is 6.04. The molecule has 3 rings (SSSR count). The maximum Gasteiger partial charge on any atom is 0.224 e. The number of anilines is 1. The number of hydrogen-bond donors (Lipinski definition) is 1. The van der Waals surface area contributed by atoms with Crippen molar-refractivity contribution in [1.82, 2.24) is 9.97 Å². The smallest absolute Gasteiger partial charge is 0.224 e. The Morgan fingerprint density at radius 3 is 2.86 bits per heavy atom. The first-order valence-electron chi connectivity index (χ1n) is 7.39. The first kappa shape index (κ1) is 13.7. The molecule has 2 aromatic rings. The third-order valence-corrected chi connectivity index (χ3v) is 4.06. The van der Waals surface area contributed by atoms with Gasteiger partial charge in [0.2, 0.25) is 5.91 Å². The number of carbonyl (C=O) groups excluding carboxylic acids is 1. The van der Waals surface area contributed by atoms with Crippen molar-refractivity contribution >= 4 is 11.6 Å². The molecule has 1 heterocycles. The zero-order chi connectivity index (χ0) is 14.7. The van der Waals surface area contributed by atoms with Crippen molar-refractivity contribution in [2.24, 2.45) is 5.92 Å². The van der Waals surface area contributed by atoms with Gasteiger partial charge >= 0.3 is 0 Å². The summed E-state index contributed by atoms with van der Waals surface area (Å²) in [6.07, 6.45) is 9.34. The Morgan fingerprint density at radius 1 is 1.33 bits per heavy atom. The number of aromatic nitrogens is 2. The molecule has 21 heavy (non-hydrogen) atoms. The van der Waals surface area contributed by atoms with E-state index < -0.39 is 0 Å². The fraction of sp³-hybridized carbons (Fsp3) is 0.353. The van der Waals surface area contributed by atoms with Crippen molar-refractivity contribution in [1.29, 1.82) is 0 Å². The Balaban J connectivity index is 1.76. The van der Waals surface area contributed by atoms with Crippen LogP contribution < -0.4 is 5.32 Å². The van der Waals surface area contributed by atoms with Gasteiger partial charge in [0.15, 0.2) is 0 Å². The van der Waals surface area contributed by atoms with Crippen molar-refractivity contribution in [2.75, 3.05) is 5.32 Å². The molecule has 1 N–H and O–H groups in total. The van der Waals surface area contributed by atoms with E-state index >= 15 is 0 Å². The number of aryl methyl sites for hydroxylation is 1. The van der Waals surface area contributed by atoms with Crippen LogP contribution >= 0.6 is 0 Å². The molecule has 1 saturated carbocycles. The molecule has 1 aromatic carbocycles. The normalized spacial score (nSPS) is 14.5. The number of nitrogens with one attached hydrogen (secondary N) is 1. The Morgan fingerprint density at radius 2 is 2.19 bits per heavy atom. The van der Waals surface area contributed by atoms with Crippen molar-refractivity contribution in [3.63, 3.8) is 0 Å². The largest absolute Gasteiger partial charge is 0.326 e. The zero-order valence-corrected chi connectivity index (χ0v) is 12.2. The van der Waals surface area contributed by atoms with E-state index in [9.17, 15) is 4.79 Å². The summed E-state index contributed by atoms with van der Waals surface area (Å²) in [6, 6.07) is 5.91. The van der Waals surface area contributed by atoms with E-state index in [1.807, 2.05) is 25.1 Å². The minimum absolute atomic E-state index is 0.105. The van der Waals surface area contributed by atoms with Gasteiger partial charge in [0.05, 0.1) is 11.9 Å².